The molecular weight excluding hydrogens is 504 g/mol. The van der Waals surface area contributed by atoms with Crippen LogP contribution in [0.4, 0.5) is 0 Å². The Kier molecular flexibility index (Phi) is 22.0. The summed E-state index contributed by atoms with van der Waals surface area (Å²) >= 11 is 0. The summed E-state index contributed by atoms with van der Waals surface area (Å²) in [4.78, 5) is 32.3. The number of carboxylic acids is 3. The molecule has 0 aliphatic carbocycles. The maximum absolute atomic E-state index is 10.8. The third kappa shape index (κ3) is 16.9. The van der Waals surface area contributed by atoms with E-state index in [0.717, 1.165) is 96.3 Å². The summed E-state index contributed by atoms with van der Waals surface area (Å²) in [5.41, 5.74) is -1.17. The summed E-state index contributed by atoms with van der Waals surface area (Å²) in [6, 6.07) is 0. The Morgan fingerprint density at radius 3 is 0.923 bits per heavy atom. The smallest absolute Gasteiger partial charge is 0.303 e. The minimum Gasteiger partial charge on any atom is -0.481 e. The molecule has 0 aromatic heterocycles. The summed E-state index contributed by atoms with van der Waals surface area (Å²) in [6.45, 7) is -0.539. The zero-order chi connectivity index (χ0) is 29.4. The van der Waals surface area contributed by atoms with Gasteiger partial charge in [-0.25, -0.2) is 0 Å². The molecule has 0 saturated carbocycles. The van der Waals surface area contributed by atoms with Crippen molar-refractivity contribution < 1.29 is 45.0 Å². The van der Waals surface area contributed by atoms with Crippen LogP contribution in [0.15, 0.2) is 0 Å². The molecule has 0 aromatic rings. The number of aliphatic hydroxyl groups excluding tert-OH is 3. The predicted octanol–water partition coefficient (Wildman–Crippen LogP) is 5.77. The highest BCUT2D eigenvalue weighted by atomic mass is 16.4. The lowest BCUT2D eigenvalue weighted by molar-refractivity contribution is -0.138. The molecule has 9 heteroatoms. The van der Waals surface area contributed by atoms with E-state index < -0.39 is 23.3 Å². The molecule has 0 aromatic carbocycles. The van der Waals surface area contributed by atoms with Gasteiger partial charge in [-0.05, 0) is 50.4 Å². The highest BCUT2D eigenvalue weighted by molar-refractivity contribution is 5.67. The second-order valence-electron chi connectivity index (χ2n) is 11.3. The van der Waals surface area contributed by atoms with Gasteiger partial charge in [0.05, 0.1) is 13.2 Å². The van der Waals surface area contributed by atoms with Gasteiger partial charge in [-0.1, -0.05) is 77.0 Å². The fourth-order valence-electron chi connectivity index (χ4n) is 6.00. The standard InChI is InChI=1S/C30H56O9/c31-23-22-30(24-32,25-33)29(19-13-7-1-4-10-16-26(34)35,20-14-8-2-5-11-17-27(36)37)21-15-9-3-6-12-18-28(38)39/h31-33H,1-25H2,(H,34,35)(H,36,37)(H,38,39). The van der Waals surface area contributed by atoms with Crippen LogP contribution in [-0.2, 0) is 14.4 Å². The first-order valence-corrected chi connectivity index (χ1v) is 15.2. The van der Waals surface area contributed by atoms with E-state index >= 15 is 0 Å². The quantitative estimate of drug-likeness (QED) is 0.0621. The predicted molar refractivity (Wildman–Crippen MR) is 151 cm³/mol. The van der Waals surface area contributed by atoms with Crippen LogP contribution < -0.4 is 0 Å². The number of aliphatic hydroxyl groups is 3. The van der Waals surface area contributed by atoms with Crippen LogP contribution in [0.25, 0.3) is 0 Å². The minimum atomic E-state index is -0.808. The number of unbranched alkanes of at least 4 members (excludes halogenated alkanes) is 12. The summed E-state index contributed by atoms with van der Waals surface area (Å²) in [7, 11) is 0. The molecule has 0 atom stereocenters. The van der Waals surface area contributed by atoms with Crippen LogP contribution in [0.1, 0.15) is 141 Å². The first-order chi connectivity index (χ1) is 18.7. The van der Waals surface area contributed by atoms with Gasteiger partial charge in [0.2, 0.25) is 0 Å². The summed E-state index contributed by atoms with van der Waals surface area (Å²) < 4.78 is 0. The lowest BCUT2D eigenvalue weighted by Crippen LogP contribution is -2.48. The SMILES string of the molecule is O=C(O)CCCCCCCC(CCCCCCCC(=O)O)(CCCCCCCC(=O)O)C(CO)(CO)CCO. The van der Waals surface area contributed by atoms with E-state index in [4.69, 9.17) is 15.3 Å². The maximum Gasteiger partial charge on any atom is 0.303 e. The first-order valence-electron chi connectivity index (χ1n) is 15.2. The Hall–Kier alpha value is -1.71. The van der Waals surface area contributed by atoms with Gasteiger partial charge in [0.15, 0.2) is 0 Å². The van der Waals surface area contributed by atoms with E-state index in [1.54, 1.807) is 0 Å². The van der Waals surface area contributed by atoms with Crippen molar-refractivity contribution in [2.75, 3.05) is 19.8 Å². The van der Waals surface area contributed by atoms with E-state index in [0.29, 0.717) is 25.7 Å². The van der Waals surface area contributed by atoms with Gasteiger partial charge in [-0.15, -0.1) is 0 Å². The molecule has 0 heterocycles. The van der Waals surface area contributed by atoms with Crippen molar-refractivity contribution in [1.82, 2.24) is 0 Å². The highest BCUT2D eigenvalue weighted by Crippen LogP contribution is 2.53. The van der Waals surface area contributed by atoms with Crippen LogP contribution in [0.5, 0.6) is 0 Å². The molecular formula is C30H56O9. The van der Waals surface area contributed by atoms with E-state index in [9.17, 15) is 29.7 Å². The Labute approximate surface area is 235 Å². The third-order valence-electron chi connectivity index (χ3n) is 8.46. The number of aliphatic carboxylic acids is 3. The van der Waals surface area contributed by atoms with Crippen molar-refractivity contribution in [1.29, 1.82) is 0 Å². The van der Waals surface area contributed by atoms with E-state index in [-0.39, 0.29) is 44.5 Å². The van der Waals surface area contributed by atoms with Crippen molar-refractivity contribution in [3.63, 3.8) is 0 Å². The van der Waals surface area contributed by atoms with Crippen LogP contribution in [0.3, 0.4) is 0 Å². The van der Waals surface area contributed by atoms with Gasteiger partial charge in [0.25, 0.3) is 0 Å². The Morgan fingerprint density at radius 1 is 0.385 bits per heavy atom. The van der Waals surface area contributed by atoms with Crippen molar-refractivity contribution in [3.8, 4) is 0 Å². The normalized spacial score (nSPS) is 12.1. The maximum atomic E-state index is 10.8. The molecule has 0 rings (SSSR count). The molecule has 0 radical (unpaired) electrons. The average molecular weight is 561 g/mol. The van der Waals surface area contributed by atoms with Crippen LogP contribution in [0.2, 0.25) is 0 Å². The second kappa shape index (κ2) is 23.0. The molecule has 0 aliphatic rings. The molecule has 0 bridgehead atoms. The Bertz CT molecular complexity index is 577. The zero-order valence-electron chi connectivity index (χ0n) is 24.1. The van der Waals surface area contributed by atoms with E-state index in [2.05, 4.69) is 0 Å². The summed E-state index contributed by atoms with van der Waals surface area (Å²) in [5.74, 6) is -2.33. The number of hydrogen-bond acceptors (Lipinski definition) is 6. The lowest BCUT2D eigenvalue weighted by atomic mass is 9.55. The van der Waals surface area contributed by atoms with Gasteiger partial charge >= 0.3 is 17.9 Å². The molecule has 6 N–H and O–H groups in total. The number of hydrogen-bond donors (Lipinski definition) is 6. The van der Waals surface area contributed by atoms with E-state index in [1.165, 1.54) is 0 Å². The van der Waals surface area contributed by atoms with Crippen LogP contribution in [0, 0.1) is 10.8 Å². The van der Waals surface area contributed by atoms with Gasteiger partial charge in [0.1, 0.15) is 0 Å². The third-order valence-corrected chi connectivity index (χ3v) is 8.46. The number of rotatable bonds is 29. The van der Waals surface area contributed by atoms with Gasteiger partial charge in [-0.2, -0.15) is 0 Å². The van der Waals surface area contributed by atoms with Crippen molar-refractivity contribution in [3.05, 3.63) is 0 Å². The molecule has 230 valence electrons. The van der Waals surface area contributed by atoms with Gasteiger partial charge in [0, 0.05) is 31.3 Å². The average Bonchev–Trinajstić information content (AvgIpc) is 2.89. The highest BCUT2D eigenvalue weighted by Gasteiger charge is 2.48. The summed E-state index contributed by atoms with van der Waals surface area (Å²) in [6.07, 6.45) is 16.1. The van der Waals surface area contributed by atoms with Crippen LogP contribution in [-0.4, -0.2) is 68.4 Å². The molecule has 0 unspecified atom stereocenters. The Morgan fingerprint density at radius 2 is 0.667 bits per heavy atom. The molecule has 0 spiro atoms. The van der Waals surface area contributed by atoms with Gasteiger partial charge in [-0.3, -0.25) is 14.4 Å². The first kappa shape index (κ1) is 37.3. The lowest BCUT2D eigenvalue weighted by Gasteiger charge is -2.50. The van der Waals surface area contributed by atoms with Crippen LogP contribution >= 0.6 is 0 Å². The molecule has 0 aliphatic heterocycles. The Balaban J connectivity index is 5.36. The van der Waals surface area contributed by atoms with Crippen molar-refractivity contribution in [2.24, 2.45) is 10.8 Å². The second-order valence-corrected chi connectivity index (χ2v) is 11.3. The largest absolute Gasteiger partial charge is 0.481 e. The molecule has 39 heavy (non-hydrogen) atoms. The van der Waals surface area contributed by atoms with E-state index in [1.807, 2.05) is 0 Å². The molecule has 0 amide bonds. The molecule has 0 fully saturated rings. The monoisotopic (exact) mass is 560 g/mol. The van der Waals surface area contributed by atoms with Gasteiger partial charge < -0.3 is 30.6 Å². The fourth-order valence-corrected chi connectivity index (χ4v) is 6.00. The zero-order valence-corrected chi connectivity index (χ0v) is 24.1. The minimum absolute atomic E-state index is 0.123. The molecule has 0 saturated heterocycles. The fraction of sp³-hybridized carbons (Fsp3) is 0.900. The molecule has 9 nitrogen and oxygen atoms in total. The van der Waals surface area contributed by atoms with Crippen molar-refractivity contribution in [2.45, 2.75) is 141 Å². The number of carboxylic acid groups (broad SMARTS) is 3. The number of carbonyl (C=O) groups is 3. The topological polar surface area (TPSA) is 173 Å². The van der Waals surface area contributed by atoms with Crippen molar-refractivity contribution >= 4 is 17.9 Å². The summed E-state index contributed by atoms with van der Waals surface area (Å²) in [5, 5.41) is 57.6.